The van der Waals surface area contributed by atoms with Crippen LogP contribution in [0.1, 0.15) is 18.2 Å². The van der Waals surface area contributed by atoms with Gasteiger partial charge in [-0.2, -0.15) is 0 Å². The van der Waals surface area contributed by atoms with Crippen LogP contribution in [0, 0.1) is 17.0 Å². The summed E-state index contributed by atoms with van der Waals surface area (Å²) in [6, 6.07) is 8.80. The Morgan fingerprint density at radius 2 is 2.21 bits per heavy atom. The van der Waals surface area contributed by atoms with E-state index in [1.165, 1.54) is 6.07 Å². The van der Waals surface area contributed by atoms with Crippen molar-refractivity contribution in [1.82, 2.24) is 0 Å². The zero-order valence-corrected chi connectivity index (χ0v) is 10.9. The van der Waals surface area contributed by atoms with Crippen LogP contribution >= 0.6 is 0 Å². The van der Waals surface area contributed by atoms with Crippen molar-refractivity contribution in [3.05, 3.63) is 58.0 Å². The second-order valence-corrected chi connectivity index (χ2v) is 4.59. The molecular weight excluding hydrogens is 244 g/mol. The fraction of sp³-hybridized carbons (Fsp3) is 0.286. The molecule has 0 spiro atoms. The summed E-state index contributed by atoms with van der Waals surface area (Å²) >= 11 is 0. The van der Waals surface area contributed by atoms with Crippen molar-refractivity contribution in [3.8, 4) is 0 Å². The molecule has 0 aliphatic carbocycles. The van der Waals surface area contributed by atoms with Gasteiger partial charge in [0, 0.05) is 30.3 Å². The summed E-state index contributed by atoms with van der Waals surface area (Å²) in [4.78, 5) is 10.3. The Kier molecular flexibility index (Phi) is 3.85. The zero-order valence-electron chi connectivity index (χ0n) is 10.9. The van der Waals surface area contributed by atoms with Gasteiger partial charge in [0.25, 0.3) is 5.69 Å². The lowest BCUT2D eigenvalue weighted by molar-refractivity contribution is -0.384. The van der Waals surface area contributed by atoms with Crippen molar-refractivity contribution in [2.45, 2.75) is 26.3 Å². The number of nitro benzene ring substituents is 1. The second kappa shape index (κ2) is 5.56. The first kappa shape index (κ1) is 13.1. The van der Waals surface area contributed by atoms with Gasteiger partial charge in [-0.05, 0) is 37.6 Å². The van der Waals surface area contributed by atoms with Gasteiger partial charge in [0.05, 0.1) is 11.2 Å². The topological polar surface area (TPSA) is 68.3 Å². The minimum Gasteiger partial charge on any atom is -0.469 e. The molecule has 1 atom stereocenters. The highest BCUT2D eigenvalue weighted by molar-refractivity contribution is 5.55. The molecule has 1 unspecified atom stereocenters. The number of furan rings is 1. The summed E-state index contributed by atoms with van der Waals surface area (Å²) in [5.41, 5.74) is 1.88. The summed E-state index contributed by atoms with van der Waals surface area (Å²) in [5.74, 6) is 0.916. The van der Waals surface area contributed by atoms with E-state index in [9.17, 15) is 10.1 Å². The SMILES string of the molecule is Cc1cc([N+](=O)[O-])ccc1NC(C)Cc1ccco1. The summed E-state index contributed by atoms with van der Waals surface area (Å²) in [6.07, 6.45) is 2.42. The summed E-state index contributed by atoms with van der Waals surface area (Å²) < 4.78 is 5.29. The highest BCUT2D eigenvalue weighted by Crippen LogP contribution is 2.22. The van der Waals surface area contributed by atoms with Crippen molar-refractivity contribution >= 4 is 11.4 Å². The maximum atomic E-state index is 10.7. The van der Waals surface area contributed by atoms with E-state index in [4.69, 9.17) is 4.42 Å². The first-order chi connectivity index (χ1) is 9.06. The van der Waals surface area contributed by atoms with Crippen molar-refractivity contribution in [2.24, 2.45) is 0 Å². The standard InChI is InChI=1S/C14H16N2O3/c1-10-8-12(16(17)18)5-6-14(10)15-11(2)9-13-4-3-7-19-13/h3-8,11,15H,9H2,1-2H3. The largest absolute Gasteiger partial charge is 0.469 e. The summed E-state index contributed by atoms with van der Waals surface area (Å²) in [7, 11) is 0. The Morgan fingerprint density at radius 3 is 2.79 bits per heavy atom. The molecule has 5 nitrogen and oxygen atoms in total. The monoisotopic (exact) mass is 260 g/mol. The van der Waals surface area contributed by atoms with Crippen LogP contribution in [0.5, 0.6) is 0 Å². The number of nitrogens with one attached hydrogen (secondary N) is 1. The number of aryl methyl sites for hydroxylation is 1. The maximum Gasteiger partial charge on any atom is 0.269 e. The summed E-state index contributed by atoms with van der Waals surface area (Å²) in [5, 5.41) is 14.0. The quantitative estimate of drug-likeness (QED) is 0.659. The second-order valence-electron chi connectivity index (χ2n) is 4.59. The first-order valence-electron chi connectivity index (χ1n) is 6.10. The van der Waals surface area contributed by atoms with Gasteiger partial charge in [-0.15, -0.1) is 0 Å². The van der Waals surface area contributed by atoms with Crippen LogP contribution in [0.4, 0.5) is 11.4 Å². The van der Waals surface area contributed by atoms with Crippen molar-refractivity contribution in [2.75, 3.05) is 5.32 Å². The molecule has 0 amide bonds. The minimum atomic E-state index is -0.386. The Bertz CT molecular complexity index is 564. The smallest absolute Gasteiger partial charge is 0.269 e. The van der Waals surface area contributed by atoms with E-state index in [1.807, 2.05) is 26.0 Å². The van der Waals surface area contributed by atoms with Gasteiger partial charge < -0.3 is 9.73 Å². The van der Waals surface area contributed by atoms with Crippen LogP contribution in [0.3, 0.4) is 0 Å². The number of benzene rings is 1. The summed E-state index contributed by atoms with van der Waals surface area (Å²) in [6.45, 7) is 3.90. The lowest BCUT2D eigenvalue weighted by Gasteiger charge is -2.15. The molecule has 0 aliphatic heterocycles. The van der Waals surface area contributed by atoms with E-state index in [2.05, 4.69) is 5.32 Å². The van der Waals surface area contributed by atoms with Crippen LogP contribution in [0.15, 0.2) is 41.0 Å². The van der Waals surface area contributed by atoms with Crippen LogP contribution < -0.4 is 5.32 Å². The number of rotatable bonds is 5. The predicted octanol–water partition coefficient (Wildman–Crippen LogP) is 3.54. The minimum absolute atomic E-state index is 0.113. The number of anilines is 1. The van der Waals surface area contributed by atoms with Gasteiger partial charge in [0.2, 0.25) is 0 Å². The Hall–Kier alpha value is -2.30. The van der Waals surface area contributed by atoms with E-state index < -0.39 is 0 Å². The van der Waals surface area contributed by atoms with E-state index >= 15 is 0 Å². The van der Waals surface area contributed by atoms with Crippen LogP contribution in [-0.2, 0) is 6.42 Å². The molecule has 0 aliphatic rings. The molecule has 0 radical (unpaired) electrons. The molecule has 5 heteroatoms. The molecule has 100 valence electrons. The first-order valence-corrected chi connectivity index (χ1v) is 6.10. The third kappa shape index (κ3) is 3.34. The predicted molar refractivity (Wildman–Crippen MR) is 73.3 cm³/mol. The fourth-order valence-electron chi connectivity index (χ4n) is 1.97. The van der Waals surface area contributed by atoms with Crippen molar-refractivity contribution in [3.63, 3.8) is 0 Å². The number of hydrogen-bond acceptors (Lipinski definition) is 4. The van der Waals surface area contributed by atoms with E-state index in [1.54, 1.807) is 18.4 Å². The number of nitro groups is 1. The lowest BCUT2D eigenvalue weighted by Crippen LogP contribution is -2.18. The molecule has 0 saturated heterocycles. The van der Waals surface area contributed by atoms with E-state index in [-0.39, 0.29) is 16.7 Å². The van der Waals surface area contributed by atoms with Gasteiger partial charge in [-0.25, -0.2) is 0 Å². The molecule has 1 aromatic heterocycles. The molecule has 2 rings (SSSR count). The molecule has 0 saturated carbocycles. The Labute approximate surface area is 111 Å². The third-order valence-corrected chi connectivity index (χ3v) is 2.91. The third-order valence-electron chi connectivity index (χ3n) is 2.91. The Morgan fingerprint density at radius 1 is 1.42 bits per heavy atom. The highest BCUT2D eigenvalue weighted by atomic mass is 16.6. The van der Waals surface area contributed by atoms with Crippen molar-refractivity contribution in [1.29, 1.82) is 0 Å². The van der Waals surface area contributed by atoms with E-state index in [0.29, 0.717) is 0 Å². The molecule has 2 aromatic rings. The highest BCUT2D eigenvalue weighted by Gasteiger charge is 2.10. The number of hydrogen-bond donors (Lipinski definition) is 1. The van der Waals surface area contributed by atoms with Crippen LogP contribution in [-0.4, -0.2) is 11.0 Å². The van der Waals surface area contributed by atoms with Gasteiger partial charge >= 0.3 is 0 Å². The number of non-ortho nitro benzene ring substituents is 1. The molecule has 1 heterocycles. The van der Waals surface area contributed by atoms with E-state index in [0.717, 1.165) is 23.4 Å². The fourth-order valence-corrected chi connectivity index (χ4v) is 1.97. The average Bonchev–Trinajstić information content (AvgIpc) is 2.84. The number of nitrogens with zero attached hydrogens (tertiary/aromatic N) is 1. The normalized spacial score (nSPS) is 12.1. The van der Waals surface area contributed by atoms with Gasteiger partial charge in [-0.3, -0.25) is 10.1 Å². The molecule has 1 aromatic carbocycles. The van der Waals surface area contributed by atoms with Gasteiger partial charge in [0.1, 0.15) is 5.76 Å². The maximum absolute atomic E-state index is 10.7. The van der Waals surface area contributed by atoms with Crippen LogP contribution in [0.25, 0.3) is 0 Å². The molecule has 19 heavy (non-hydrogen) atoms. The van der Waals surface area contributed by atoms with Crippen molar-refractivity contribution < 1.29 is 9.34 Å². The van der Waals surface area contributed by atoms with Gasteiger partial charge in [-0.1, -0.05) is 0 Å². The lowest BCUT2D eigenvalue weighted by atomic mass is 10.1. The molecule has 1 N–H and O–H groups in total. The molecule has 0 bridgehead atoms. The van der Waals surface area contributed by atoms with Gasteiger partial charge in [0.15, 0.2) is 0 Å². The average molecular weight is 260 g/mol. The van der Waals surface area contributed by atoms with Crippen LogP contribution in [0.2, 0.25) is 0 Å². The molecule has 0 fully saturated rings. The zero-order chi connectivity index (χ0) is 13.8. The Balaban J connectivity index is 2.04. The molecular formula is C14H16N2O3.